The van der Waals surface area contributed by atoms with Gasteiger partial charge in [0, 0.05) is 24.7 Å². The molecule has 2 aliphatic rings. The molecule has 31 heavy (non-hydrogen) atoms. The van der Waals surface area contributed by atoms with Crippen molar-refractivity contribution in [2.45, 2.75) is 39.3 Å². The average molecular weight is 442 g/mol. The summed E-state index contributed by atoms with van der Waals surface area (Å²) in [5, 5.41) is 3.68. The van der Waals surface area contributed by atoms with E-state index in [1.165, 1.54) is 0 Å². The molecular weight excluding hydrogens is 414 g/mol. The van der Waals surface area contributed by atoms with Crippen molar-refractivity contribution in [1.82, 2.24) is 10.2 Å². The maximum atomic E-state index is 13.4. The number of nitrogens with one attached hydrogen (secondary N) is 1. The lowest BCUT2D eigenvalue weighted by atomic mass is 9.97. The van der Waals surface area contributed by atoms with Gasteiger partial charge in [0.25, 0.3) is 0 Å². The molecule has 1 N–H and O–H groups in total. The van der Waals surface area contributed by atoms with E-state index in [2.05, 4.69) is 5.32 Å². The van der Waals surface area contributed by atoms with Gasteiger partial charge in [0.2, 0.25) is 5.91 Å². The Labute approximate surface area is 188 Å². The third-order valence-electron chi connectivity index (χ3n) is 5.85. The van der Waals surface area contributed by atoms with Crippen molar-refractivity contribution in [3.63, 3.8) is 0 Å². The Morgan fingerprint density at radius 1 is 1.16 bits per heavy atom. The summed E-state index contributed by atoms with van der Waals surface area (Å²) in [5.41, 5.74) is 2.88. The first-order valence-electron chi connectivity index (χ1n) is 10.8. The van der Waals surface area contributed by atoms with E-state index in [4.69, 9.17) is 16.3 Å². The molecule has 1 saturated heterocycles. The number of fused-ring (bicyclic) bond motifs is 1. The number of carbonyl (C=O) groups excluding carboxylic acids is 2. The van der Waals surface area contributed by atoms with Crippen LogP contribution in [0.4, 0.5) is 10.5 Å². The van der Waals surface area contributed by atoms with E-state index in [0.29, 0.717) is 31.2 Å². The molecule has 3 amide bonds. The predicted molar refractivity (Wildman–Crippen MR) is 122 cm³/mol. The van der Waals surface area contributed by atoms with Crippen LogP contribution in [0, 0.1) is 12.8 Å². The van der Waals surface area contributed by atoms with E-state index in [-0.39, 0.29) is 24.0 Å². The van der Waals surface area contributed by atoms with E-state index in [0.717, 1.165) is 35.4 Å². The minimum atomic E-state index is -0.208. The van der Waals surface area contributed by atoms with Crippen molar-refractivity contribution in [1.29, 1.82) is 0 Å². The molecule has 6 nitrogen and oxygen atoms in total. The topological polar surface area (TPSA) is 61.9 Å². The highest BCUT2D eigenvalue weighted by Crippen LogP contribution is 2.35. The molecule has 4 rings (SSSR count). The number of carbonyl (C=O) groups is 2. The van der Waals surface area contributed by atoms with Gasteiger partial charge in [0.15, 0.2) is 0 Å². The number of benzene rings is 2. The van der Waals surface area contributed by atoms with Crippen molar-refractivity contribution in [3.05, 3.63) is 58.6 Å². The van der Waals surface area contributed by atoms with E-state index >= 15 is 0 Å². The maximum absolute atomic E-state index is 13.4. The number of urea groups is 1. The summed E-state index contributed by atoms with van der Waals surface area (Å²) in [5.74, 6) is 0.506. The molecule has 2 aromatic carbocycles. The van der Waals surface area contributed by atoms with Crippen molar-refractivity contribution >= 4 is 29.2 Å². The number of rotatable bonds is 3. The zero-order valence-electron chi connectivity index (χ0n) is 17.9. The molecule has 0 saturated carbocycles. The van der Waals surface area contributed by atoms with Gasteiger partial charge in [-0.3, -0.25) is 9.69 Å². The highest BCUT2D eigenvalue weighted by molar-refractivity contribution is 6.30. The predicted octanol–water partition coefficient (Wildman–Crippen LogP) is 4.38. The molecule has 2 aliphatic heterocycles. The van der Waals surface area contributed by atoms with Crippen LogP contribution in [0.1, 0.15) is 30.9 Å². The fourth-order valence-electron chi connectivity index (χ4n) is 4.20. The van der Waals surface area contributed by atoms with Crippen molar-refractivity contribution < 1.29 is 14.3 Å². The first kappa shape index (κ1) is 21.5. The van der Waals surface area contributed by atoms with Crippen LogP contribution in [0.15, 0.2) is 42.5 Å². The van der Waals surface area contributed by atoms with Gasteiger partial charge in [0.1, 0.15) is 11.9 Å². The molecule has 0 radical (unpaired) electrons. The number of nitrogens with zero attached hydrogens (tertiary/aromatic N) is 2. The number of hydrogen-bond donors (Lipinski definition) is 1. The molecule has 0 bridgehead atoms. The number of amides is 3. The summed E-state index contributed by atoms with van der Waals surface area (Å²) < 4.78 is 5.91. The third-order valence-corrected chi connectivity index (χ3v) is 6.10. The summed E-state index contributed by atoms with van der Waals surface area (Å²) in [6.45, 7) is 6.01. The monoisotopic (exact) mass is 441 g/mol. The largest absolute Gasteiger partial charge is 0.487 e. The Balaban J connectivity index is 1.41. The Bertz CT molecular complexity index is 963. The summed E-state index contributed by atoms with van der Waals surface area (Å²) in [6, 6.07) is 13.3. The van der Waals surface area contributed by atoms with Gasteiger partial charge in [-0.2, -0.15) is 0 Å². The molecule has 2 aromatic rings. The van der Waals surface area contributed by atoms with Gasteiger partial charge in [-0.1, -0.05) is 29.8 Å². The summed E-state index contributed by atoms with van der Waals surface area (Å²) >= 11 is 5.92. The Morgan fingerprint density at radius 2 is 1.94 bits per heavy atom. The molecule has 0 aromatic heterocycles. The molecule has 7 heteroatoms. The number of likely N-dealkylation sites (tertiary alicyclic amines) is 1. The zero-order chi connectivity index (χ0) is 22.0. The van der Waals surface area contributed by atoms with Crippen LogP contribution in [0.3, 0.4) is 0 Å². The smallest absolute Gasteiger partial charge is 0.324 e. The first-order valence-corrected chi connectivity index (χ1v) is 11.1. The summed E-state index contributed by atoms with van der Waals surface area (Å²) in [6.07, 6.45) is 1.51. The molecule has 0 spiro atoms. The summed E-state index contributed by atoms with van der Waals surface area (Å²) in [7, 11) is 0. The minimum absolute atomic E-state index is 0.0148. The van der Waals surface area contributed by atoms with Gasteiger partial charge in [-0.05, 0) is 62.1 Å². The van der Waals surface area contributed by atoms with E-state index in [9.17, 15) is 9.59 Å². The van der Waals surface area contributed by atoms with Crippen LogP contribution in [0.5, 0.6) is 5.75 Å². The van der Waals surface area contributed by atoms with E-state index in [1.54, 1.807) is 9.80 Å². The van der Waals surface area contributed by atoms with Crippen LogP contribution in [0.2, 0.25) is 5.02 Å². The summed E-state index contributed by atoms with van der Waals surface area (Å²) in [4.78, 5) is 29.8. The molecule has 2 atom stereocenters. The quantitative estimate of drug-likeness (QED) is 0.768. The van der Waals surface area contributed by atoms with Crippen LogP contribution in [0.25, 0.3) is 0 Å². The molecule has 2 heterocycles. The minimum Gasteiger partial charge on any atom is -0.487 e. The zero-order valence-corrected chi connectivity index (χ0v) is 18.7. The van der Waals surface area contributed by atoms with Crippen LogP contribution in [-0.4, -0.2) is 42.6 Å². The van der Waals surface area contributed by atoms with Crippen LogP contribution in [-0.2, 0) is 11.3 Å². The van der Waals surface area contributed by atoms with Crippen molar-refractivity contribution in [2.75, 3.05) is 24.5 Å². The van der Waals surface area contributed by atoms with Gasteiger partial charge in [-0.15, -0.1) is 0 Å². The third kappa shape index (κ3) is 4.96. The SMILES string of the molecule is Cc1ccc2c(c1)N(C(=O)N1CCC[C@H](C(=O)NCc3ccc(Cl)cc3)C1)C[C@@H](C)O2. The van der Waals surface area contributed by atoms with Crippen molar-refractivity contribution in [3.8, 4) is 5.75 Å². The van der Waals surface area contributed by atoms with Gasteiger partial charge < -0.3 is 15.0 Å². The lowest BCUT2D eigenvalue weighted by Crippen LogP contribution is -2.53. The number of ether oxygens (including phenoxy) is 1. The van der Waals surface area contributed by atoms with E-state index in [1.807, 2.05) is 56.3 Å². The van der Waals surface area contributed by atoms with Gasteiger partial charge in [0.05, 0.1) is 18.2 Å². The Kier molecular flexibility index (Phi) is 6.37. The lowest BCUT2D eigenvalue weighted by molar-refractivity contribution is -0.126. The van der Waals surface area contributed by atoms with Gasteiger partial charge >= 0.3 is 6.03 Å². The molecule has 0 unspecified atom stereocenters. The van der Waals surface area contributed by atoms with Crippen molar-refractivity contribution in [2.24, 2.45) is 5.92 Å². The Hall–Kier alpha value is -2.73. The Morgan fingerprint density at radius 3 is 2.71 bits per heavy atom. The van der Waals surface area contributed by atoms with Gasteiger partial charge in [-0.25, -0.2) is 4.79 Å². The number of halogens is 1. The lowest BCUT2D eigenvalue weighted by Gasteiger charge is -2.39. The molecule has 164 valence electrons. The number of piperidine rings is 1. The number of hydrogen-bond acceptors (Lipinski definition) is 3. The second-order valence-corrected chi connectivity index (χ2v) is 8.86. The molecule has 0 aliphatic carbocycles. The van der Waals surface area contributed by atoms with E-state index < -0.39 is 0 Å². The second-order valence-electron chi connectivity index (χ2n) is 8.42. The highest BCUT2D eigenvalue weighted by atomic mass is 35.5. The average Bonchev–Trinajstić information content (AvgIpc) is 2.78. The fourth-order valence-corrected chi connectivity index (χ4v) is 4.33. The standard InChI is InChI=1S/C24H28ClN3O3/c1-16-5-10-22-21(12-16)28(14-17(2)31-22)24(30)27-11-3-4-19(15-27)23(29)26-13-18-6-8-20(25)9-7-18/h5-10,12,17,19H,3-4,11,13-15H2,1-2H3,(H,26,29)/t17-,19+/m1/s1. The number of anilines is 1. The fraction of sp³-hybridized carbons (Fsp3) is 0.417. The maximum Gasteiger partial charge on any atom is 0.324 e. The second kappa shape index (κ2) is 9.18. The first-order chi connectivity index (χ1) is 14.9. The normalized spacial score (nSPS) is 20.6. The molecule has 1 fully saturated rings. The molecular formula is C24H28ClN3O3. The number of aryl methyl sites for hydroxylation is 1. The highest BCUT2D eigenvalue weighted by Gasteiger charge is 2.34. The van der Waals surface area contributed by atoms with Crippen LogP contribution >= 0.6 is 11.6 Å². The van der Waals surface area contributed by atoms with Crippen LogP contribution < -0.4 is 15.0 Å².